The molecule has 1 heterocycles. The van der Waals surface area contributed by atoms with Gasteiger partial charge in [-0.2, -0.15) is 5.26 Å². The molecule has 2 nitrogen and oxygen atoms in total. The van der Waals surface area contributed by atoms with E-state index in [4.69, 9.17) is 5.26 Å². The van der Waals surface area contributed by atoms with E-state index in [9.17, 15) is 0 Å². The van der Waals surface area contributed by atoms with Crippen molar-refractivity contribution < 1.29 is 0 Å². The highest BCUT2D eigenvalue weighted by Gasteiger charge is 1.98. The van der Waals surface area contributed by atoms with Gasteiger partial charge in [-0.1, -0.05) is 30.3 Å². The number of benzene rings is 1. The van der Waals surface area contributed by atoms with Crippen LogP contribution in [-0.2, 0) is 13.0 Å². The Morgan fingerprint density at radius 1 is 1.24 bits per heavy atom. The molecule has 3 heteroatoms. The van der Waals surface area contributed by atoms with Gasteiger partial charge in [-0.3, -0.25) is 0 Å². The predicted octanol–water partition coefficient (Wildman–Crippen LogP) is 2.95. The highest BCUT2D eigenvalue weighted by atomic mass is 32.1. The minimum Gasteiger partial charge on any atom is -0.312 e. The summed E-state index contributed by atoms with van der Waals surface area (Å²) < 4.78 is 0. The van der Waals surface area contributed by atoms with Gasteiger partial charge in [0.1, 0.15) is 6.07 Å². The van der Waals surface area contributed by atoms with Gasteiger partial charge >= 0.3 is 0 Å². The second kappa shape index (κ2) is 6.19. The molecule has 0 spiro atoms. The summed E-state index contributed by atoms with van der Waals surface area (Å²) in [6.45, 7) is 1.81. The third-order valence-corrected chi connectivity index (χ3v) is 3.45. The van der Waals surface area contributed by atoms with Crippen molar-refractivity contribution in [1.82, 2.24) is 5.32 Å². The van der Waals surface area contributed by atoms with E-state index in [1.165, 1.54) is 10.4 Å². The summed E-state index contributed by atoms with van der Waals surface area (Å²) >= 11 is 1.64. The monoisotopic (exact) mass is 242 g/mol. The Labute approximate surface area is 106 Å². The van der Waals surface area contributed by atoms with Crippen molar-refractivity contribution in [2.24, 2.45) is 0 Å². The number of rotatable bonds is 5. The smallest absolute Gasteiger partial charge is 0.100 e. The maximum Gasteiger partial charge on any atom is 0.100 e. The van der Waals surface area contributed by atoms with Gasteiger partial charge in [0.2, 0.25) is 0 Å². The molecule has 17 heavy (non-hydrogen) atoms. The molecular formula is C14H14N2S. The lowest BCUT2D eigenvalue weighted by atomic mass is 10.1. The van der Waals surface area contributed by atoms with Gasteiger partial charge in [-0.25, -0.2) is 0 Å². The lowest BCUT2D eigenvalue weighted by Crippen LogP contribution is -2.15. The first-order valence-corrected chi connectivity index (χ1v) is 6.48. The third-order valence-electron chi connectivity index (χ3n) is 2.52. The van der Waals surface area contributed by atoms with Crippen molar-refractivity contribution in [1.29, 1.82) is 5.26 Å². The summed E-state index contributed by atoms with van der Waals surface area (Å²) in [5.41, 5.74) is 2.11. The minimum absolute atomic E-state index is 0.759. The van der Waals surface area contributed by atoms with Crippen LogP contribution in [0.15, 0.2) is 41.8 Å². The van der Waals surface area contributed by atoms with Crippen molar-refractivity contribution in [3.63, 3.8) is 0 Å². The van der Waals surface area contributed by atoms with Gasteiger partial charge in [0, 0.05) is 16.8 Å². The SMILES string of the molecule is N#Cc1csc(CNCCc2ccccc2)c1. The van der Waals surface area contributed by atoms with E-state index < -0.39 is 0 Å². The van der Waals surface area contributed by atoms with Crippen LogP contribution in [0.4, 0.5) is 0 Å². The van der Waals surface area contributed by atoms with Crippen LogP contribution >= 0.6 is 11.3 Å². The standard InChI is InChI=1S/C14H14N2S/c15-9-13-8-14(17-11-13)10-16-7-6-12-4-2-1-3-5-12/h1-5,8,11,16H,6-7,10H2. The topological polar surface area (TPSA) is 35.8 Å². The number of hydrogen-bond acceptors (Lipinski definition) is 3. The van der Waals surface area contributed by atoms with Crippen LogP contribution < -0.4 is 5.32 Å². The van der Waals surface area contributed by atoms with Gasteiger partial charge in [-0.05, 0) is 24.6 Å². The molecule has 0 aliphatic rings. The zero-order valence-electron chi connectivity index (χ0n) is 9.52. The van der Waals surface area contributed by atoms with Crippen molar-refractivity contribution >= 4 is 11.3 Å². The summed E-state index contributed by atoms with van der Waals surface area (Å²) in [5.74, 6) is 0. The van der Waals surface area contributed by atoms with Gasteiger partial charge in [0.25, 0.3) is 0 Å². The Morgan fingerprint density at radius 2 is 2.06 bits per heavy atom. The lowest BCUT2D eigenvalue weighted by molar-refractivity contribution is 0.693. The molecule has 0 aliphatic heterocycles. The summed E-state index contributed by atoms with van der Waals surface area (Å²) in [4.78, 5) is 1.22. The molecule has 2 rings (SSSR count). The molecule has 0 unspecified atom stereocenters. The van der Waals surface area contributed by atoms with Crippen LogP contribution in [0.25, 0.3) is 0 Å². The number of nitrogens with one attached hydrogen (secondary N) is 1. The molecule has 0 saturated heterocycles. The van der Waals surface area contributed by atoms with E-state index in [0.717, 1.165) is 25.1 Å². The zero-order chi connectivity index (χ0) is 11.9. The van der Waals surface area contributed by atoms with Gasteiger partial charge in [0.15, 0.2) is 0 Å². The zero-order valence-corrected chi connectivity index (χ0v) is 10.3. The molecule has 1 aromatic heterocycles. The first-order valence-electron chi connectivity index (χ1n) is 5.60. The quantitative estimate of drug-likeness (QED) is 0.818. The number of nitrogens with zero attached hydrogens (tertiary/aromatic N) is 1. The molecule has 1 aromatic carbocycles. The van der Waals surface area contributed by atoms with Crippen LogP contribution in [0.3, 0.4) is 0 Å². The van der Waals surface area contributed by atoms with Gasteiger partial charge in [-0.15, -0.1) is 11.3 Å². The second-order valence-corrected chi connectivity index (χ2v) is 4.82. The van der Waals surface area contributed by atoms with Gasteiger partial charge < -0.3 is 5.32 Å². The van der Waals surface area contributed by atoms with E-state index in [-0.39, 0.29) is 0 Å². The largest absolute Gasteiger partial charge is 0.312 e. The molecule has 0 aliphatic carbocycles. The molecule has 0 fully saturated rings. The summed E-state index contributed by atoms with van der Waals surface area (Å²) in [6, 6.07) is 14.5. The Kier molecular flexibility index (Phi) is 4.31. The maximum atomic E-state index is 8.71. The first-order chi connectivity index (χ1) is 8.38. The Balaban J connectivity index is 1.72. The Hall–Kier alpha value is -1.63. The fraction of sp³-hybridized carbons (Fsp3) is 0.214. The van der Waals surface area contributed by atoms with Crippen LogP contribution in [0.2, 0.25) is 0 Å². The van der Waals surface area contributed by atoms with Crippen LogP contribution in [0, 0.1) is 11.3 Å². The van der Waals surface area contributed by atoms with E-state index in [1.54, 1.807) is 11.3 Å². The Morgan fingerprint density at radius 3 is 2.76 bits per heavy atom. The predicted molar refractivity (Wildman–Crippen MR) is 70.9 cm³/mol. The molecule has 86 valence electrons. The Bertz CT molecular complexity index is 496. The van der Waals surface area contributed by atoms with Crippen molar-refractivity contribution in [3.05, 3.63) is 57.8 Å². The van der Waals surface area contributed by atoms with Crippen molar-refractivity contribution in [3.8, 4) is 6.07 Å². The van der Waals surface area contributed by atoms with Crippen molar-refractivity contribution in [2.75, 3.05) is 6.54 Å². The number of hydrogen-bond donors (Lipinski definition) is 1. The molecule has 0 saturated carbocycles. The first kappa shape index (κ1) is 11.8. The lowest BCUT2D eigenvalue weighted by Gasteiger charge is -2.03. The molecule has 0 radical (unpaired) electrons. The fourth-order valence-electron chi connectivity index (χ4n) is 1.62. The van der Waals surface area contributed by atoms with E-state index in [2.05, 4.69) is 35.7 Å². The highest BCUT2D eigenvalue weighted by molar-refractivity contribution is 7.10. The molecule has 0 atom stereocenters. The molecule has 2 aromatic rings. The summed E-state index contributed by atoms with van der Waals surface area (Å²) in [6.07, 6.45) is 1.04. The van der Waals surface area contributed by atoms with Gasteiger partial charge in [0.05, 0.1) is 5.56 Å². The molecule has 0 amide bonds. The van der Waals surface area contributed by atoms with Crippen LogP contribution in [0.1, 0.15) is 16.0 Å². The number of nitriles is 1. The normalized spacial score (nSPS) is 10.1. The molecule has 1 N–H and O–H groups in total. The highest BCUT2D eigenvalue weighted by Crippen LogP contribution is 2.13. The van der Waals surface area contributed by atoms with E-state index >= 15 is 0 Å². The second-order valence-electron chi connectivity index (χ2n) is 3.83. The summed E-state index contributed by atoms with van der Waals surface area (Å²) in [7, 11) is 0. The molecule has 0 bridgehead atoms. The average Bonchev–Trinajstić information content (AvgIpc) is 2.84. The van der Waals surface area contributed by atoms with E-state index in [0.29, 0.717) is 0 Å². The van der Waals surface area contributed by atoms with Crippen LogP contribution in [-0.4, -0.2) is 6.54 Å². The minimum atomic E-state index is 0.759. The maximum absolute atomic E-state index is 8.71. The molecular weight excluding hydrogens is 228 g/mol. The van der Waals surface area contributed by atoms with Crippen molar-refractivity contribution in [2.45, 2.75) is 13.0 Å². The average molecular weight is 242 g/mol. The van der Waals surface area contributed by atoms with Crippen LogP contribution in [0.5, 0.6) is 0 Å². The fourth-order valence-corrected chi connectivity index (χ4v) is 2.40. The van der Waals surface area contributed by atoms with E-state index in [1.807, 2.05) is 17.5 Å². The number of thiophene rings is 1. The summed E-state index contributed by atoms with van der Waals surface area (Å²) in [5, 5.41) is 14.0. The third kappa shape index (κ3) is 3.70.